The SMILES string of the molecule is CCOC(=O)C1CCCN(C[C@H](N)c2ccccc2)C1. The van der Waals surface area contributed by atoms with Crippen LogP contribution in [0.4, 0.5) is 0 Å². The van der Waals surface area contributed by atoms with Crippen molar-refractivity contribution in [2.24, 2.45) is 11.7 Å². The molecule has 0 aromatic heterocycles. The average Bonchev–Trinajstić information content (AvgIpc) is 2.48. The molecule has 0 amide bonds. The molecule has 4 nitrogen and oxygen atoms in total. The smallest absolute Gasteiger partial charge is 0.310 e. The van der Waals surface area contributed by atoms with Crippen molar-refractivity contribution in [2.45, 2.75) is 25.8 Å². The third-order valence-electron chi connectivity index (χ3n) is 3.81. The van der Waals surface area contributed by atoms with Gasteiger partial charge in [0.15, 0.2) is 0 Å². The van der Waals surface area contributed by atoms with Crippen LogP contribution < -0.4 is 5.73 Å². The van der Waals surface area contributed by atoms with Crippen LogP contribution in [0.25, 0.3) is 0 Å². The van der Waals surface area contributed by atoms with E-state index in [1.807, 2.05) is 25.1 Å². The molecule has 0 aliphatic carbocycles. The van der Waals surface area contributed by atoms with Crippen LogP contribution in [0.15, 0.2) is 30.3 Å². The highest BCUT2D eigenvalue weighted by atomic mass is 16.5. The van der Waals surface area contributed by atoms with Gasteiger partial charge in [-0.3, -0.25) is 4.79 Å². The van der Waals surface area contributed by atoms with Crippen LogP contribution in [-0.2, 0) is 9.53 Å². The molecule has 110 valence electrons. The summed E-state index contributed by atoms with van der Waals surface area (Å²) in [6, 6.07) is 10.1. The lowest BCUT2D eigenvalue weighted by atomic mass is 9.97. The summed E-state index contributed by atoms with van der Waals surface area (Å²) in [4.78, 5) is 14.1. The fourth-order valence-electron chi connectivity index (χ4n) is 2.76. The van der Waals surface area contributed by atoms with Crippen molar-refractivity contribution in [3.05, 3.63) is 35.9 Å². The van der Waals surface area contributed by atoms with Crippen LogP contribution in [-0.4, -0.2) is 37.1 Å². The van der Waals surface area contributed by atoms with E-state index in [4.69, 9.17) is 10.5 Å². The number of benzene rings is 1. The number of nitrogens with zero attached hydrogens (tertiary/aromatic N) is 1. The Morgan fingerprint density at radius 1 is 1.45 bits per heavy atom. The van der Waals surface area contributed by atoms with Crippen molar-refractivity contribution >= 4 is 5.97 Å². The molecule has 4 heteroatoms. The number of piperidine rings is 1. The number of carbonyl (C=O) groups is 1. The molecule has 1 aliphatic rings. The Bertz CT molecular complexity index is 422. The largest absolute Gasteiger partial charge is 0.466 e. The van der Waals surface area contributed by atoms with Crippen LogP contribution in [0.1, 0.15) is 31.4 Å². The van der Waals surface area contributed by atoms with Crippen molar-refractivity contribution < 1.29 is 9.53 Å². The number of hydrogen-bond donors (Lipinski definition) is 1. The van der Waals surface area contributed by atoms with Crippen LogP contribution in [0, 0.1) is 5.92 Å². The minimum atomic E-state index is -0.0644. The number of carbonyl (C=O) groups excluding carboxylic acids is 1. The van der Waals surface area contributed by atoms with Crippen molar-refractivity contribution in [1.29, 1.82) is 0 Å². The van der Waals surface area contributed by atoms with E-state index < -0.39 is 0 Å². The Morgan fingerprint density at radius 3 is 2.90 bits per heavy atom. The average molecular weight is 276 g/mol. The second-order valence-electron chi connectivity index (χ2n) is 5.37. The number of likely N-dealkylation sites (tertiary alicyclic amines) is 1. The maximum atomic E-state index is 11.8. The Hall–Kier alpha value is -1.39. The van der Waals surface area contributed by atoms with Crippen LogP contribution in [0.3, 0.4) is 0 Å². The molecular formula is C16H24N2O2. The zero-order valence-corrected chi connectivity index (χ0v) is 12.1. The predicted molar refractivity (Wildman–Crippen MR) is 79.2 cm³/mol. The molecule has 1 heterocycles. The molecule has 1 aromatic carbocycles. The van der Waals surface area contributed by atoms with E-state index in [1.54, 1.807) is 0 Å². The maximum Gasteiger partial charge on any atom is 0.310 e. The van der Waals surface area contributed by atoms with E-state index in [0.29, 0.717) is 6.61 Å². The maximum absolute atomic E-state index is 11.8. The molecule has 0 bridgehead atoms. The first-order chi connectivity index (χ1) is 9.70. The van der Waals surface area contributed by atoms with Gasteiger partial charge in [0, 0.05) is 19.1 Å². The lowest BCUT2D eigenvalue weighted by Gasteiger charge is -2.33. The summed E-state index contributed by atoms with van der Waals surface area (Å²) in [5.74, 6) is -0.0582. The van der Waals surface area contributed by atoms with Gasteiger partial charge in [0.1, 0.15) is 0 Å². The second-order valence-corrected chi connectivity index (χ2v) is 5.37. The van der Waals surface area contributed by atoms with Gasteiger partial charge in [0.25, 0.3) is 0 Å². The monoisotopic (exact) mass is 276 g/mol. The Labute approximate surface area is 120 Å². The Morgan fingerprint density at radius 2 is 2.20 bits per heavy atom. The molecule has 20 heavy (non-hydrogen) atoms. The highest BCUT2D eigenvalue weighted by Crippen LogP contribution is 2.20. The molecule has 0 saturated carbocycles. The van der Waals surface area contributed by atoms with Crippen molar-refractivity contribution in [3.63, 3.8) is 0 Å². The molecule has 1 fully saturated rings. The zero-order valence-electron chi connectivity index (χ0n) is 12.1. The van der Waals surface area contributed by atoms with Gasteiger partial charge in [-0.1, -0.05) is 30.3 Å². The zero-order chi connectivity index (χ0) is 14.4. The summed E-state index contributed by atoms with van der Waals surface area (Å²) < 4.78 is 5.12. The number of esters is 1. The molecule has 1 unspecified atom stereocenters. The van der Waals surface area contributed by atoms with E-state index in [2.05, 4.69) is 17.0 Å². The van der Waals surface area contributed by atoms with Gasteiger partial charge in [-0.25, -0.2) is 0 Å². The van der Waals surface area contributed by atoms with Gasteiger partial charge in [-0.15, -0.1) is 0 Å². The molecule has 2 rings (SSSR count). The van der Waals surface area contributed by atoms with Crippen molar-refractivity contribution in [1.82, 2.24) is 4.90 Å². The molecule has 0 radical (unpaired) electrons. The minimum Gasteiger partial charge on any atom is -0.466 e. The molecule has 1 saturated heterocycles. The van der Waals surface area contributed by atoms with E-state index >= 15 is 0 Å². The third-order valence-corrected chi connectivity index (χ3v) is 3.81. The van der Waals surface area contributed by atoms with Crippen LogP contribution >= 0.6 is 0 Å². The Kier molecular flexibility index (Phi) is 5.56. The molecule has 2 N–H and O–H groups in total. The van der Waals surface area contributed by atoms with Crippen molar-refractivity contribution in [3.8, 4) is 0 Å². The number of ether oxygens (including phenoxy) is 1. The normalized spacial score (nSPS) is 21.4. The lowest BCUT2D eigenvalue weighted by molar-refractivity contribution is -0.149. The van der Waals surface area contributed by atoms with Gasteiger partial charge < -0.3 is 15.4 Å². The quantitative estimate of drug-likeness (QED) is 0.835. The summed E-state index contributed by atoms with van der Waals surface area (Å²) in [5.41, 5.74) is 7.39. The fraction of sp³-hybridized carbons (Fsp3) is 0.562. The van der Waals surface area contributed by atoms with Gasteiger partial charge in [-0.2, -0.15) is 0 Å². The second kappa shape index (κ2) is 7.41. The van der Waals surface area contributed by atoms with E-state index in [-0.39, 0.29) is 17.9 Å². The van der Waals surface area contributed by atoms with E-state index in [9.17, 15) is 4.79 Å². The summed E-state index contributed by atoms with van der Waals surface area (Å²) in [7, 11) is 0. The number of nitrogens with two attached hydrogens (primary N) is 1. The first-order valence-electron chi connectivity index (χ1n) is 7.40. The minimum absolute atomic E-state index is 0.00264. The number of hydrogen-bond acceptors (Lipinski definition) is 4. The van der Waals surface area contributed by atoms with Gasteiger partial charge in [0.05, 0.1) is 12.5 Å². The summed E-state index contributed by atoms with van der Waals surface area (Å²) in [5, 5.41) is 0. The van der Waals surface area contributed by atoms with Crippen molar-refractivity contribution in [2.75, 3.05) is 26.2 Å². The molecular weight excluding hydrogens is 252 g/mol. The van der Waals surface area contributed by atoms with E-state index in [0.717, 1.165) is 38.0 Å². The third kappa shape index (κ3) is 4.05. The fourth-order valence-corrected chi connectivity index (χ4v) is 2.76. The summed E-state index contributed by atoms with van der Waals surface area (Å²) in [6.07, 6.45) is 1.96. The summed E-state index contributed by atoms with van der Waals surface area (Å²) >= 11 is 0. The predicted octanol–water partition coefficient (Wildman–Crippen LogP) is 1.96. The number of rotatable bonds is 5. The molecule has 1 aromatic rings. The highest BCUT2D eigenvalue weighted by Gasteiger charge is 2.27. The van der Waals surface area contributed by atoms with Crippen LogP contribution in [0.5, 0.6) is 0 Å². The molecule has 2 atom stereocenters. The first-order valence-corrected chi connectivity index (χ1v) is 7.40. The Balaban J connectivity index is 1.88. The van der Waals surface area contributed by atoms with Gasteiger partial charge in [0.2, 0.25) is 0 Å². The van der Waals surface area contributed by atoms with E-state index in [1.165, 1.54) is 0 Å². The lowest BCUT2D eigenvalue weighted by Crippen LogP contribution is -2.42. The first kappa shape index (κ1) is 15.0. The standard InChI is InChI=1S/C16H24N2O2/c1-2-20-16(19)14-9-6-10-18(11-14)12-15(17)13-7-4-3-5-8-13/h3-5,7-8,14-15H,2,6,9-12,17H2,1H3/t14?,15-/m0/s1. The molecule has 0 spiro atoms. The van der Waals surface area contributed by atoms with Gasteiger partial charge >= 0.3 is 5.97 Å². The van der Waals surface area contributed by atoms with Gasteiger partial charge in [-0.05, 0) is 31.9 Å². The topological polar surface area (TPSA) is 55.6 Å². The van der Waals surface area contributed by atoms with Crippen LogP contribution in [0.2, 0.25) is 0 Å². The summed E-state index contributed by atoms with van der Waals surface area (Å²) in [6.45, 7) is 4.87. The molecule has 1 aliphatic heterocycles. The highest BCUT2D eigenvalue weighted by molar-refractivity contribution is 5.72.